The van der Waals surface area contributed by atoms with Gasteiger partial charge in [0.2, 0.25) is 5.91 Å². The molecule has 394 valence electrons. The van der Waals surface area contributed by atoms with Crippen molar-refractivity contribution in [2.24, 2.45) is 0 Å². The van der Waals surface area contributed by atoms with Crippen LogP contribution in [0.2, 0.25) is 0 Å². The van der Waals surface area contributed by atoms with Crippen molar-refractivity contribution in [3.63, 3.8) is 0 Å². The molecule has 26 atom stereocenters. The van der Waals surface area contributed by atoms with E-state index in [1.54, 1.807) is 0 Å². The van der Waals surface area contributed by atoms with Gasteiger partial charge < -0.3 is 139 Å². The Kier molecular flexibility index (Phi) is 18.3. The van der Waals surface area contributed by atoms with E-state index in [4.69, 9.17) is 52.1 Å². The first-order valence-corrected chi connectivity index (χ1v) is 22.4. The van der Waals surface area contributed by atoms with Gasteiger partial charge in [0.25, 0.3) is 5.79 Å². The van der Waals surface area contributed by atoms with Gasteiger partial charge in [-0.05, 0) is 0 Å². The van der Waals surface area contributed by atoms with Crippen molar-refractivity contribution >= 4 is 19.7 Å². The number of hydrogen-bond donors (Lipinski definition) is 17. The molecule has 0 aromatic heterocycles. The summed E-state index contributed by atoms with van der Waals surface area (Å²) in [6.45, 7) is -3.27. The van der Waals surface area contributed by atoms with Crippen LogP contribution < -0.4 is 5.32 Å². The number of carbonyl (C=O) groups excluding carboxylic acids is 1. The third-order valence-electron chi connectivity index (χ3n) is 12.0. The Morgan fingerprint density at radius 1 is 0.544 bits per heavy atom. The zero-order valence-corrected chi connectivity index (χ0v) is 36.6. The highest BCUT2D eigenvalue weighted by molar-refractivity contribution is 7.46. The molecule has 1 amide bonds. The first kappa shape index (κ1) is 55.4. The topological polar surface area (TPSA) is 498 Å². The Bertz CT molecular complexity index is 1730. The number of amides is 1. The molecule has 0 aromatic carbocycles. The molecule has 0 aromatic rings. The zero-order chi connectivity index (χ0) is 50.3. The molecule has 6 saturated heterocycles. The van der Waals surface area contributed by atoms with Crippen molar-refractivity contribution in [3.05, 3.63) is 0 Å². The van der Waals surface area contributed by atoms with Crippen molar-refractivity contribution in [1.82, 2.24) is 5.32 Å². The number of ether oxygens (including phenoxy) is 11. The van der Waals surface area contributed by atoms with Crippen molar-refractivity contribution in [3.8, 4) is 0 Å². The molecule has 68 heavy (non-hydrogen) atoms. The van der Waals surface area contributed by atoms with Crippen LogP contribution in [0.4, 0.5) is 0 Å². The predicted molar refractivity (Wildman–Crippen MR) is 203 cm³/mol. The maximum atomic E-state index is 12.9. The Balaban J connectivity index is 1.40. The molecule has 32 nitrogen and oxygen atoms in total. The zero-order valence-electron chi connectivity index (χ0n) is 35.7. The first-order chi connectivity index (χ1) is 31.9. The number of aliphatic carboxylic acids is 1. The molecule has 0 bridgehead atoms. The SMILES string of the molecule is CC(=O)N[C@H]1[C@@H](O[C@H]2[C@@H](O)[C@@H](COP(=O)(O)O)O[C@@H](O[C@H]3[C@H](O)[C@@H](O)[C@H](O)O[C@@H]3CO)[C@@H]2O[C@@H]2O[C@@H](CO)[C@@H](O)[C@@H](O)[C@@H]2O)O[C@H](CO)[C@H](O)[C@@H]1O[C@@H]1O[C@H](CO)[C@@H]2OC(C)(C(=O)O)O[C@@H]2[C@H]1O. The molecule has 0 spiro atoms. The summed E-state index contributed by atoms with van der Waals surface area (Å²) in [5, 5.41) is 151. The number of carboxylic acids is 1. The minimum Gasteiger partial charge on any atom is -0.477 e. The molecular formula is C35H58NO31P. The normalized spacial score (nSPS) is 49.0. The summed E-state index contributed by atoms with van der Waals surface area (Å²) in [6.07, 6.45) is -47.7. The van der Waals surface area contributed by atoms with Crippen LogP contribution >= 0.6 is 7.82 Å². The first-order valence-electron chi connectivity index (χ1n) is 20.9. The van der Waals surface area contributed by atoms with Gasteiger partial charge in [-0.1, -0.05) is 0 Å². The summed E-state index contributed by atoms with van der Waals surface area (Å²) in [5.74, 6) is -4.89. The number of carbonyl (C=O) groups is 2. The van der Waals surface area contributed by atoms with Gasteiger partial charge in [0.15, 0.2) is 31.5 Å². The second-order valence-electron chi connectivity index (χ2n) is 16.7. The molecule has 33 heteroatoms. The third kappa shape index (κ3) is 11.6. The van der Waals surface area contributed by atoms with Crippen LogP contribution in [0.25, 0.3) is 0 Å². The fourth-order valence-electron chi connectivity index (χ4n) is 8.45. The number of carboxylic acid groups (broad SMARTS) is 1. The van der Waals surface area contributed by atoms with Crippen LogP contribution in [0.5, 0.6) is 0 Å². The molecule has 1 unspecified atom stereocenters. The molecule has 6 aliphatic rings. The number of phosphoric acid groups is 1. The molecule has 6 heterocycles. The summed E-state index contributed by atoms with van der Waals surface area (Å²) >= 11 is 0. The lowest BCUT2D eigenvalue weighted by Gasteiger charge is -2.51. The van der Waals surface area contributed by atoms with Crippen LogP contribution in [0, 0.1) is 0 Å². The van der Waals surface area contributed by atoms with Crippen molar-refractivity contribution < 1.29 is 152 Å². The largest absolute Gasteiger partial charge is 0.477 e. The van der Waals surface area contributed by atoms with Crippen LogP contribution in [0.3, 0.4) is 0 Å². The van der Waals surface area contributed by atoms with E-state index in [2.05, 4.69) is 9.84 Å². The van der Waals surface area contributed by atoms with Gasteiger partial charge in [0.05, 0.1) is 33.0 Å². The third-order valence-corrected chi connectivity index (χ3v) is 12.5. The van der Waals surface area contributed by atoms with Crippen LogP contribution in [-0.4, -0.2) is 285 Å². The predicted octanol–water partition coefficient (Wildman–Crippen LogP) is -10.8. The average Bonchev–Trinajstić information content (AvgIpc) is 3.66. The summed E-state index contributed by atoms with van der Waals surface area (Å²) in [4.78, 5) is 44.0. The summed E-state index contributed by atoms with van der Waals surface area (Å²) in [6, 6.07) is -1.88. The lowest BCUT2D eigenvalue weighted by molar-refractivity contribution is -0.403. The molecule has 0 radical (unpaired) electrons. The van der Waals surface area contributed by atoms with E-state index in [-0.39, 0.29) is 0 Å². The number of rotatable bonds is 17. The van der Waals surface area contributed by atoms with E-state index in [0.717, 1.165) is 13.8 Å². The molecule has 6 rings (SSSR count). The number of phosphoric ester groups is 1. The van der Waals surface area contributed by atoms with E-state index < -0.39 is 212 Å². The van der Waals surface area contributed by atoms with Crippen LogP contribution in [0.1, 0.15) is 13.8 Å². The van der Waals surface area contributed by atoms with Crippen molar-refractivity contribution in [2.75, 3.05) is 33.0 Å². The Hall–Kier alpha value is -1.91. The van der Waals surface area contributed by atoms with Gasteiger partial charge in [-0.15, -0.1) is 0 Å². The average molecular weight is 1020 g/mol. The Morgan fingerprint density at radius 2 is 1.04 bits per heavy atom. The van der Waals surface area contributed by atoms with Gasteiger partial charge in [-0.2, -0.15) is 0 Å². The number of aliphatic hydroxyl groups excluding tert-OH is 13. The minimum absolute atomic E-state index is 0.876. The Morgan fingerprint density at radius 3 is 1.63 bits per heavy atom. The molecule has 17 N–H and O–H groups in total. The smallest absolute Gasteiger partial charge is 0.469 e. The molecule has 6 aliphatic heterocycles. The van der Waals surface area contributed by atoms with Gasteiger partial charge in [-0.3, -0.25) is 9.32 Å². The fraction of sp³-hybridized carbons (Fsp3) is 0.943. The molecule has 0 saturated carbocycles. The number of aliphatic hydroxyl groups is 13. The number of nitrogens with one attached hydrogen (secondary N) is 1. The minimum atomic E-state index is -5.41. The number of fused-ring (bicyclic) bond motifs is 1. The van der Waals surface area contributed by atoms with Crippen molar-refractivity contribution in [1.29, 1.82) is 0 Å². The lowest BCUT2D eigenvalue weighted by atomic mass is 9.94. The maximum absolute atomic E-state index is 12.9. The Labute approximate surface area is 383 Å². The molecular weight excluding hydrogens is 961 g/mol. The van der Waals surface area contributed by atoms with Gasteiger partial charge >= 0.3 is 13.8 Å². The second-order valence-corrected chi connectivity index (χ2v) is 18.0. The molecule has 0 aliphatic carbocycles. The summed E-state index contributed by atoms with van der Waals surface area (Å²) < 4.78 is 79.6. The highest BCUT2D eigenvalue weighted by Gasteiger charge is 2.62. The van der Waals surface area contributed by atoms with Crippen LogP contribution in [0.15, 0.2) is 0 Å². The number of hydrogen-bond acceptors (Lipinski definition) is 28. The van der Waals surface area contributed by atoms with Gasteiger partial charge in [0, 0.05) is 13.8 Å². The van der Waals surface area contributed by atoms with Gasteiger partial charge in [0.1, 0.15) is 122 Å². The van der Waals surface area contributed by atoms with E-state index in [1.807, 2.05) is 0 Å². The van der Waals surface area contributed by atoms with Gasteiger partial charge in [-0.25, -0.2) is 9.36 Å². The molecule has 6 fully saturated rings. The van der Waals surface area contributed by atoms with E-state index in [1.165, 1.54) is 0 Å². The standard InChI is InChI=1S/C35H58NO31P/c1-8(41)36-14-25(63-32-22(49)27-24(12(6-40)60-32)66-35(2,67-27)34(51)52)16(43)10(4-38)58-30(14)64-26-17(44)13(7-56-68(53,54)55)61-33(62-23-11(5-39)57-29(50)20(47)19(23)46)28(26)65-31-21(48)18(45)15(42)9(3-37)59-31/h9-33,37-40,42-50H,3-7H2,1-2H3,(H,36,41)(H,51,52)(H2,53,54,55)/t9-,10+,11+,12+,13+,14+,15+,16-,17-,18+,19+,20+,21-,22+,23+,24-,25+,26-,27+,28+,29+,30+,31-,32-,33-,35?/m0/s1. The lowest BCUT2D eigenvalue weighted by Crippen LogP contribution is -2.71. The fourth-order valence-corrected chi connectivity index (χ4v) is 8.80. The van der Waals surface area contributed by atoms with Crippen molar-refractivity contribution in [2.45, 2.75) is 173 Å². The quantitative estimate of drug-likeness (QED) is 0.0602. The highest BCUT2D eigenvalue weighted by Crippen LogP contribution is 2.42. The highest BCUT2D eigenvalue weighted by atomic mass is 31.2. The van der Waals surface area contributed by atoms with E-state index in [0.29, 0.717) is 0 Å². The van der Waals surface area contributed by atoms with Crippen LogP contribution in [-0.2, 0) is 70.8 Å². The van der Waals surface area contributed by atoms with E-state index in [9.17, 15) is 95.4 Å². The van der Waals surface area contributed by atoms with E-state index >= 15 is 0 Å². The summed E-state index contributed by atoms with van der Waals surface area (Å²) in [7, 11) is -5.41. The monoisotopic (exact) mass is 1020 g/mol. The summed E-state index contributed by atoms with van der Waals surface area (Å²) in [5.41, 5.74) is 0. The maximum Gasteiger partial charge on any atom is 0.469 e. The second kappa shape index (κ2) is 22.5.